The van der Waals surface area contributed by atoms with E-state index in [0.717, 1.165) is 10.9 Å². The van der Waals surface area contributed by atoms with Crippen LogP contribution in [0.3, 0.4) is 0 Å². The quantitative estimate of drug-likeness (QED) is 0.793. The van der Waals surface area contributed by atoms with Gasteiger partial charge in [-0.2, -0.15) is 0 Å². The molecule has 0 saturated carbocycles. The van der Waals surface area contributed by atoms with E-state index >= 15 is 0 Å². The molecule has 0 N–H and O–H groups in total. The predicted octanol–water partition coefficient (Wildman–Crippen LogP) is 1.81. The van der Waals surface area contributed by atoms with Crippen molar-refractivity contribution in [3.63, 3.8) is 0 Å². The van der Waals surface area contributed by atoms with Crippen LogP contribution in [-0.4, -0.2) is 48.3 Å². The molecule has 92 valence electrons. The average Bonchev–Trinajstić information content (AvgIpc) is 2.65. The molecule has 0 aliphatic carbocycles. The van der Waals surface area contributed by atoms with E-state index in [1.165, 1.54) is 11.3 Å². The van der Waals surface area contributed by atoms with Gasteiger partial charge in [0.15, 0.2) is 0 Å². The second-order valence-corrected chi connectivity index (χ2v) is 5.76. The number of thiophene rings is 1. The normalized spacial score (nSPS) is 17.2. The van der Waals surface area contributed by atoms with Gasteiger partial charge in [-0.1, -0.05) is 0 Å². The van der Waals surface area contributed by atoms with Crippen LogP contribution in [0.15, 0.2) is 15.9 Å². The Balaban J connectivity index is 2.15. The molecule has 0 aromatic carbocycles. The Hall–Kier alpha value is -0.880. The summed E-state index contributed by atoms with van der Waals surface area (Å²) in [6, 6.07) is 1.85. The minimum absolute atomic E-state index is 0.00327. The van der Waals surface area contributed by atoms with E-state index < -0.39 is 0 Å². The summed E-state index contributed by atoms with van der Waals surface area (Å²) >= 11 is 4.74. The summed E-state index contributed by atoms with van der Waals surface area (Å²) in [4.78, 5) is 27.9. The number of nitrogens with zero attached hydrogens (tertiary/aromatic N) is 2. The van der Waals surface area contributed by atoms with Gasteiger partial charge in [0.25, 0.3) is 5.91 Å². The van der Waals surface area contributed by atoms with Gasteiger partial charge in [0.1, 0.15) is 11.4 Å². The molecule has 6 heteroatoms. The SMILES string of the molecule is CN1CCCN(C(=O)c2sccc2Br)CC1=O. The zero-order chi connectivity index (χ0) is 12.4. The zero-order valence-electron chi connectivity index (χ0n) is 9.48. The molecule has 2 rings (SSSR count). The van der Waals surface area contributed by atoms with E-state index in [1.807, 2.05) is 11.4 Å². The zero-order valence-corrected chi connectivity index (χ0v) is 11.9. The predicted molar refractivity (Wildman–Crippen MR) is 70.2 cm³/mol. The third kappa shape index (κ3) is 2.69. The van der Waals surface area contributed by atoms with Gasteiger partial charge in [-0.25, -0.2) is 0 Å². The first-order chi connectivity index (χ1) is 8.09. The Morgan fingerprint density at radius 1 is 1.47 bits per heavy atom. The van der Waals surface area contributed by atoms with Crippen LogP contribution in [0.4, 0.5) is 0 Å². The molecule has 1 fully saturated rings. The molecule has 0 bridgehead atoms. The monoisotopic (exact) mass is 316 g/mol. The van der Waals surface area contributed by atoms with Crippen molar-refractivity contribution in [2.75, 3.05) is 26.7 Å². The maximum atomic E-state index is 12.2. The Labute approximate surface area is 112 Å². The molecule has 0 unspecified atom stereocenters. The van der Waals surface area contributed by atoms with E-state index in [1.54, 1.807) is 16.8 Å². The molecule has 17 heavy (non-hydrogen) atoms. The molecular weight excluding hydrogens is 304 g/mol. The summed E-state index contributed by atoms with van der Waals surface area (Å²) in [5.74, 6) is -0.0564. The highest BCUT2D eigenvalue weighted by Gasteiger charge is 2.25. The first kappa shape index (κ1) is 12.6. The van der Waals surface area contributed by atoms with Crippen LogP contribution in [0.5, 0.6) is 0 Å². The maximum absolute atomic E-state index is 12.2. The van der Waals surface area contributed by atoms with Gasteiger partial charge in [-0.15, -0.1) is 11.3 Å². The number of rotatable bonds is 1. The fourth-order valence-corrected chi connectivity index (χ4v) is 3.26. The number of halogens is 1. The molecule has 0 radical (unpaired) electrons. The minimum atomic E-state index is -0.0597. The number of carbonyl (C=O) groups excluding carboxylic acids is 2. The van der Waals surface area contributed by atoms with Gasteiger partial charge in [0.05, 0.1) is 0 Å². The summed E-state index contributed by atoms with van der Waals surface area (Å²) in [6.45, 7) is 1.53. The van der Waals surface area contributed by atoms with Crippen molar-refractivity contribution in [3.05, 3.63) is 20.8 Å². The Morgan fingerprint density at radius 3 is 2.88 bits per heavy atom. The first-order valence-corrected chi connectivity index (χ1v) is 7.03. The van der Waals surface area contributed by atoms with Crippen LogP contribution in [0.2, 0.25) is 0 Å². The van der Waals surface area contributed by atoms with Gasteiger partial charge < -0.3 is 9.80 Å². The fourth-order valence-electron chi connectivity index (χ4n) is 1.75. The molecule has 1 aromatic rings. The molecule has 1 aromatic heterocycles. The third-order valence-corrected chi connectivity index (χ3v) is 4.60. The van der Waals surface area contributed by atoms with Crippen molar-refractivity contribution in [3.8, 4) is 0 Å². The van der Waals surface area contributed by atoms with E-state index in [9.17, 15) is 9.59 Å². The molecule has 4 nitrogen and oxygen atoms in total. The highest BCUT2D eigenvalue weighted by Crippen LogP contribution is 2.24. The van der Waals surface area contributed by atoms with Crippen molar-refractivity contribution in [2.24, 2.45) is 0 Å². The summed E-state index contributed by atoms with van der Waals surface area (Å²) in [5, 5.41) is 1.86. The van der Waals surface area contributed by atoms with Gasteiger partial charge in [-0.05, 0) is 33.8 Å². The molecular formula is C11H13BrN2O2S. The van der Waals surface area contributed by atoms with Gasteiger partial charge in [-0.3, -0.25) is 9.59 Å². The molecule has 1 saturated heterocycles. The highest BCUT2D eigenvalue weighted by molar-refractivity contribution is 9.10. The lowest BCUT2D eigenvalue weighted by molar-refractivity contribution is -0.129. The van der Waals surface area contributed by atoms with Crippen LogP contribution in [-0.2, 0) is 4.79 Å². The number of hydrogen-bond donors (Lipinski definition) is 0. The van der Waals surface area contributed by atoms with Gasteiger partial charge >= 0.3 is 0 Å². The summed E-state index contributed by atoms with van der Waals surface area (Å²) in [5.41, 5.74) is 0. The highest BCUT2D eigenvalue weighted by atomic mass is 79.9. The lowest BCUT2D eigenvalue weighted by Crippen LogP contribution is -2.37. The molecule has 1 aliphatic heterocycles. The first-order valence-electron chi connectivity index (χ1n) is 5.36. The Kier molecular flexibility index (Phi) is 3.83. The largest absolute Gasteiger partial charge is 0.344 e. The van der Waals surface area contributed by atoms with Gasteiger partial charge in [0.2, 0.25) is 5.91 Å². The molecule has 2 heterocycles. The lowest BCUT2D eigenvalue weighted by Gasteiger charge is -2.19. The van der Waals surface area contributed by atoms with Crippen LogP contribution >= 0.6 is 27.3 Å². The van der Waals surface area contributed by atoms with Crippen molar-refractivity contribution in [2.45, 2.75) is 6.42 Å². The molecule has 0 spiro atoms. The fraction of sp³-hybridized carbons (Fsp3) is 0.455. The Bertz CT molecular complexity index is 446. The van der Waals surface area contributed by atoms with Gasteiger partial charge in [0, 0.05) is 24.6 Å². The third-order valence-electron chi connectivity index (χ3n) is 2.77. The average molecular weight is 317 g/mol. The maximum Gasteiger partial charge on any atom is 0.265 e. The summed E-state index contributed by atoms with van der Waals surface area (Å²) in [6.07, 6.45) is 0.830. The molecule has 0 atom stereocenters. The number of hydrogen-bond acceptors (Lipinski definition) is 3. The minimum Gasteiger partial charge on any atom is -0.344 e. The topological polar surface area (TPSA) is 40.6 Å². The lowest BCUT2D eigenvalue weighted by atomic mass is 10.3. The van der Waals surface area contributed by atoms with Crippen molar-refractivity contribution in [1.29, 1.82) is 0 Å². The van der Waals surface area contributed by atoms with Crippen LogP contribution in [0.1, 0.15) is 16.1 Å². The Morgan fingerprint density at radius 2 is 2.24 bits per heavy atom. The van der Waals surface area contributed by atoms with Crippen molar-refractivity contribution in [1.82, 2.24) is 9.80 Å². The second kappa shape index (κ2) is 5.18. The van der Waals surface area contributed by atoms with Crippen LogP contribution < -0.4 is 0 Å². The van der Waals surface area contributed by atoms with Crippen LogP contribution in [0, 0.1) is 0 Å². The smallest absolute Gasteiger partial charge is 0.265 e. The van der Waals surface area contributed by atoms with E-state index in [4.69, 9.17) is 0 Å². The number of likely N-dealkylation sites (N-methyl/N-ethyl adjacent to an activating group) is 1. The number of amides is 2. The van der Waals surface area contributed by atoms with E-state index in [0.29, 0.717) is 18.0 Å². The summed E-state index contributed by atoms with van der Waals surface area (Å²) < 4.78 is 0.803. The van der Waals surface area contributed by atoms with Crippen LogP contribution in [0.25, 0.3) is 0 Å². The molecule has 2 amide bonds. The second-order valence-electron chi connectivity index (χ2n) is 3.99. The van der Waals surface area contributed by atoms with E-state index in [2.05, 4.69) is 15.9 Å². The molecule has 1 aliphatic rings. The van der Waals surface area contributed by atoms with Crippen molar-refractivity contribution >= 4 is 39.1 Å². The van der Waals surface area contributed by atoms with E-state index in [-0.39, 0.29) is 18.4 Å². The summed E-state index contributed by atoms with van der Waals surface area (Å²) in [7, 11) is 1.78. The standard InChI is InChI=1S/C11H13BrN2O2S/c1-13-4-2-5-14(7-9(13)15)11(16)10-8(12)3-6-17-10/h3,6H,2,4-5,7H2,1H3. The number of carbonyl (C=O) groups is 2. The van der Waals surface area contributed by atoms with Crippen molar-refractivity contribution < 1.29 is 9.59 Å².